The highest BCUT2D eigenvalue weighted by atomic mass is 35.5. The molecule has 0 spiro atoms. The first-order valence-corrected chi connectivity index (χ1v) is 15.1. The molecular formula is C32H43ClN6O2. The van der Waals surface area contributed by atoms with E-state index >= 15 is 0 Å². The monoisotopic (exact) mass is 578 g/mol. The number of carbonyl (C=O) groups is 1. The van der Waals surface area contributed by atoms with Gasteiger partial charge in [0.25, 0.3) is 5.91 Å². The van der Waals surface area contributed by atoms with Crippen molar-refractivity contribution in [3.05, 3.63) is 58.6 Å². The third kappa shape index (κ3) is 6.34. The van der Waals surface area contributed by atoms with Crippen LogP contribution in [0, 0.1) is 22.2 Å². The number of carbonyl (C=O) groups excluding carboxylic acids is 1. The molecule has 1 saturated carbocycles. The number of hydrogen-bond acceptors (Lipinski definition) is 7. The molecule has 2 saturated heterocycles. The fourth-order valence-electron chi connectivity index (χ4n) is 7.08. The van der Waals surface area contributed by atoms with Crippen molar-refractivity contribution < 1.29 is 9.53 Å². The van der Waals surface area contributed by atoms with E-state index in [1.165, 1.54) is 5.69 Å². The van der Waals surface area contributed by atoms with Gasteiger partial charge in [0.05, 0.1) is 10.6 Å². The van der Waals surface area contributed by atoms with Crippen molar-refractivity contribution >= 4 is 23.2 Å². The lowest BCUT2D eigenvalue weighted by Gasteiger charge is -2.63. The molecule has 0 atom stereocenters. The summed E-state index contributed by atoms with van der Waals surface area (Å²) in [4.78, 5) is 20.8. The van der Waals surface area contributed by atoms with E-state index in [2.05, 4.69) is 71.2 Å². The summed E-state index contributed by atoms with van der Waals surface area (Å²) in [5.41, 5.74) is 1.65. The molecule has 220 valence electrons. The average Bonchev–Trinajstić information content (AvgIpc) is 2.98. The van der Waals surface area contributed by atoms with E-state index in [1.807, 2.05) is 12.1 Å². The van der Waals surface area contributed by atoms with Crippen LogP contribution in [0.3, 0.4) is 0 Å². The summed E-state index contributed by atoms with van der Waals surface area (Å²) in [7, 11) is 0. The van der Waals surface area contributed by atoms with Crippen LogP contribution in [0.4, 0.5) is 5.69 Å². The fraction of sp³-hybridized carbons (Fsp3) is 0.562. The zero-order valence-corrected chi connectivity index (χ0v) is 25.5. The van der Waals surface area contributed by atoms with E-state index in [9.17, 15) is 4.79 Å². The van der Waals surface area contributed by atoms with Crippen LogP contribution in [-0.2, 0) is 0 Å². The van der Waals surface area contributed by atoms with Crippen molar-refractivity contribution in [3.63, 3.8) is 0 Å². The Morgan fingerprint density at radius 1 is 0.976 bits per heavy atom. The number of nitrogens with one attached hydrogen (secondary N) is 2. The molecule has 0 bridgehead atoms. The molecule has 3 aliphatic rings. The molecule has 2 N–H and O–H groups in total. The molecule has 9 heteroatoms. The van der Waals surface area contributed by atoms with Crippen LogP contribution in [0.2, 0.25) is 5.02 Å². The molecule has 1 aliphatic carbocycles. The summed E-state index contributed by atoms with van der Waals surface area (Å²) in [5.74, 6) is 0.557. The number of ether oxygens (including phenoxy) is 1. The van der Waals surface area contributed by atoms with Crippen molar-refractivity contribution in [1.29, 1.82) is 5.26 Å². The number of nitriles is 1. The van der Waals surface area contributed by atoms with Gasteiger partial charge in [0, 0.05) is 99.6 Å². The molecular weight excluding hydrogens is 536 g/mol. The van der Waals surface area contributed by atoms with Crippen LogP contribution in [-0.4, -0.2) is 93.3 Å². The Morgan fingerprint density at radius 2 is 1.59 bits per heavy atom. The van der Waals surface area contributed by atoms with E-state index in [0.29, 0.717) is 21.9 Å². The Balaban J connectivity index is 1.13. The van der Waals surface area contributed by atoms with Gasteiger partial charge in [-0.3, -0.25) is 14.6 Å². The maximum Gasteiger partial charge on any atom is 0.251 e. The second-order valence-corrected chi connectivity index (χ2v) is 13.2. The third-order valence-electron chi connectivity index (χ3n) is 9.24. The summed E-state index contributed by atoms with van der Waals surface area (Å²) >= 11 is 6.22. The molecule has 2 aliphatic heterocycles. The van der Waals surface area contributed by atoms with Gasteiger partial charge in [-0.05, 0) is 36.4 Å². The number of amides is 1. The Labute approximate surface area is 249 Å². The molecule has 5 rings (SSSR count). The second-order valence-electron chi connectivity index (χ2n) is 12.8. The lowest BCUT2D eigenvalue weighted by Crippen LogP contribution is -2.74. The van der Waals surface area contributed by atoms with E-state index in [0.717, 1.165) is 65.4 Å². The lowest BCUT2D eigenvalue weighted by atomic mass is 9.49. The van der Waals surface area contributed by atoms with Crippen molar-refractivity contribution in [2.75, 3.05) is 70.3 Å². The van der Waals surface area contributed by atoms with Crippen LogP contribution in [0.25, 0.3) is 0 Å². The van der Waals surface area contributed by atoms with Gasteiger partial charge >= 0.3 is 0 Å². The number of halogens is 1. The first-order valence-electron chi connectivity index (χ1n) is 14.8. The predicted octanol–water partition coefficient (Wildman–Crippen LogP) is 3.85. The largest absolute Gasteiger partial charge is 0.489 e. The minimum absolute atomic E-state index is 0.0692. The summed E-state index contributed by atoms with van der Waals surface area (Å²) in [5, 5.41) is 16.2. The standard InChI is InChI=1S/C32H43ClN6O2/c1-31(2)29(32(3,4)30(31)41-26-10-7-24(22-34)27(33)21-26)36-28(40)23-5-8-25(9-6-23)39-19-17-38(18-20-39)16-15-37-13-11-35-12-14-37/h5-10,21,29-30,35H,11-20H2,1-4H3,(H,36,40)/t29-,30-. The number of piperazine rings is 2. The Bertz CT molecular complexity index is 1240. The highest BCUT2D eigenvalue weighted by molar-refractivity contribution is 6.31. The number of nitrogens with zero attached hydrogens (tertiary/aromatic N) is 4. The van der Waals surface area contributed by atoms with Crippen molar-refractivity contribution in [2.24, 2.45) is 10.8 Å². The Kier molecular flexibility index (Phi) is 8.81. The first kappa shape index (κ1) is 29.7. The van der Waals surface area contributed by atoms with Gasteiger partial charge in [0.2, 0.25) is 0 Å². The SMILES string of the molecule is CC1(C)[C@H](NC(=O)c2ccc(N3CCN(CCN4CCNCC4)CC3)cc2)C(C)(C)[C@H]1Oc1ccc(C#N)c(Cl)c1. The van der Waals surface area contributed by atoms with Crippen LogP contribution < -0.4 is 20.3 Å². The third-order valence-corrected chi connectivity index (χ3v) is 9.55. The number of anilines is 1. The number of rotatable bonds is 8. The highest BCUT2D eigenvalue weighted by Gasteiger charge is 2.64. The first-order chi connectivity index (χ1) is 19.6. The summed E-state index contributed by atoms with van der Waals surface area (Å²) in [6.07, 6.45) is -0.137. The van der Waals surface area contributed by atoms with Gasteiger partial charge in [0.15, 0.2) is 0 Å². The minimum atomic E-state index is -0.302. The van der Waals surface area contributed by atoms with E-state index in [-0.39, 0.29) is 28.9 Å². The smallest absolute Gasteiger partial charge is 0.251 e. The molecule has 0 radical (unpaired) electrons. The van der Waals surface area contributed by atoms with Crippen molar-refractivity contribution in [1.82, 2.24) is 20.4 Å². The van der Waals surface area contributed by atoms with Crippen molar-refractivity contribution in [3.8, 4) is 11.8 Å². The van der Waals surface area contributed by atoms with Gasteiger partial charge in [0.1, 0.15) is 17.9 Å². The van der Waals surface area contributed by atoms with Gasteiger partial charge in [-0.15, -0.1) is 0 Å². The molecule has 1 amide bonds. The van der Waals surface area contributed by atoms with Crippen LogP contribution in [0.1, 0.15) is 43.6 Å². The molecule has 2 heterocycles. The van der Waals surface area contributed by atoms with Gasteiger partial charge < -0.3 is 20.3 Å². The molecule has 8 nitrogen and oxygen atoms in total. The lowest BCUT2D eigenvalue weighted by molar-refractivity contribution is -0.164. The van der Waals surface area contributed by atoms with Gasteiger partial charge in [-0.1, -0.05) is 39.3 Å². The number of hydrogen-bond donors (Lipinski definition) is 2. The zero-order chi connectivity index (χ0) is 29.2. The van der Waals surface area contributed by atoms with Crippen LogP contribution in [0.15, 0.2) is 42.5 Å². The van der Waals surface area contributed by atoms with Gasteiger partial charge in [-0.2, -0.15) is 5.26 Å². The maximum atomic E-state index is 13.3. The van der Waals surface area contributed by atoms with E-state index in [4.69, 9.17) is 21.6 Å². The molecule has 0 aromatic heterocycles. The molecule has 0 unspecified atom stereocenters. The van der Waals surface area contributed by atoms with E-state index < -0.39 is 0 Å². The zero-order valence-electron chi connectivity index (χ0n) is 24.8. The topological polar surface area (TPSA) is 83.9 Å². The van der Waals surface area contributed by atoms with E-state index in [1.54, 1.807) is 18.2 Å². The number of benzene rings is 2. The molecule has 3 fully saturated rings. The fourth-order valence-corrected chi connectivity index (χ4v) is 7.29. The Morgan fingerprint density at radius 3 is 2.17 bits per heavy atom. The summed E-state index contributed by atoms with van der Waals surface area (Å²) < 4.78 is 6.36. The second kappa shape index (κ2) is 12.2. The van der Waals surface area contributed by atoms with Crippen molar-refractivity contribution in [2.45, 2.75) is 39.8 Å². The molecule has 2 aromatic rings. The Hall–Kier alpha value is -2.83. The average molecular weight is 579 g/mol. The molecule has 2 aromatic carbocycles. The maximum absolute atomic E-state index is 13.3. The highest BCUT2D eigenvalue weighted by Crippen LogP contribution is 2.55. The van der Waals surface area contributed by atoms with Crippen LogP contribution >= 0.6 is 11.6 Å². The molecule has 41 heavy (non-hydrogen) atoms. The van der Waals surface area contributed by atoms with Crippen LogP contribution in [0.5, 0.6) is 5.75 Å². The summed E-state index contributed by atoms with van der Waals surface area (Å²) in [6, 6.07) is 15.2. The van der Waals surface area contributed by atoms with Gasteiger partial charge in [-0.25, -0.2) is 0 Å². The minimum Gasteiger partial charge on any atom is -0.489 e. The normalized spacial score (nSPS) is 24.2. The predicted molar refractivity (Wildman–Crippen MR) is 164 cm³/mol. The quantitative estimate of drug-likeness (QED) is 0.492. The summed E-state index contributed by atoms with van der Waals surface area (Å²) in [6.45, 7) is 19.4.